The molecule has 0 amide bonds. The first-order valence-corrected chi connectivity index (χ1v) is 6.32. The van der Waals surface area contributed by atoms with E-state index in [1.165, 1.54) is 12.8 Å². The highest BCUT2D eigenvalue weighted by molar-refractivity contribution is 7.80. The smallest absolute Gasteiger partial charge is 0.142 e. The molecule has 5 heteroatoms. The minimum atomic E-state index is -1.21. The van der Waals surface area contributed by atoms with Gasteiger partial charge in [-0.25, -0.2) is 0 Å². The molecule has 1 aromatic rings. The quantitative estimate of drug-likeness (QED) is 0.464. The predicted octanol–water partition coefficient (Wildman–Crippen LogP) is 0.768. The van der Waals surface area contributed by atoms with Crippen LogP contribution >= 0.6 is 12.6 Å². The van der Waals surface area contributed by atoms with Gasteiger partial charge in [-0.2, -0.15) is 12.6 Å². The van der Waals surface area contributed by atoms with Gasteiger partial charge in [0.15, 0.2) is 0 Å². The van der Waals surface area contributed by atoms with Gasteiger partial charge < -0.3 is 4.74 Å². The summed E-state index contributed by atoms with van der Waals surface area (Å²) < 4.78 is 5.23. The molecule has 1 aliphatic heterocycles. The molecular formula is C12H21N3OS. The average Bonchev–Trinajstić information content (AvgIpc) is 2.83. The molecule has 0 saturated carbocycles. The van der Waals surface area contributed by atoms with Gasteiger partial charge in [-0.1, -0.05) is 30.3 Å². The van der Waals surface area contributed by atoms with Crippen molar-refractivity contribution < 1.29 is 4.74 Å². The Morgan fingerprint density at radius 1 is 1.24 bits per heavy atom. The third-order valence-electron chi connectivity index (χ3n) is 2.50. The lowest BCUT2D eigenvalue weighted by atomic mass is 10.1. The normalized spacial score (nSPS) is 19.6. The largest absolute Gasteiger partial charge is 0.377 e. The van der Waals surface area contributed by atoms with Crippen LogP contribution in [0.5, 0.6) is 0 Å². The predicted molar refractivity (Wildman–Crippen MR) is 73.5 cm³/mol. The van der Waals surface area contributed by atoms with E-state index in [1.54, 1.807) is 12.1 Å². The van der Waals surface area contributed by atoms with E-state index in [1.807, 2.05) is 18.2 Å². The number of ether oxygens (including phenoxy) is 1. The van der Waals surface area contributed by atoms with Crippen molar-refractivity contribution in [2.24, 2.45) is 17.2 Å². The van der Waals surface area contributed by atoms with E-state index in [-0.39, 0.29) is 0 Å². The fourth-order valence-corrected chi connectivity index (χ4v) is 1.80. The molecule has 0 aliphatic carbocycles. The van der Waals surface area contributed by atoms with Crippen LogP contribution in [0.15, 0.2) is 30.3 Å². The summed E-state index contributed by atoms with van der Waals surface area (Å²) >= 11 is 4.09. The van der Waals surface area contributed by atoms with E-state index in [0.717, 1.165) is 17.9 Å². The number of hydrogen-bond acceptors (Lipinski definition) is 5. The first-order valence-electron chi connectivity index (χ1n) is 5.68. The molecule has 17 heavy (non-hydrogen) atoms. The van der Waals surface area contributed by atoms with Crippen LogP contribution in [0.2, 0.25) is 0 Å². The molecule has 0 spiro atoms. The molecule has 0 bridgehead atoms. The Bertz CT molecular complexity index is 307. The van der Waals surface area contributed by atoms with Crippen molar-refractivity contribution in [1.29, 1.82) is 0 Å². The van der Waals surface area contributed by atoms with Gasteiger partial charge in [0.2, 0.25) is 0 Å². The van der Waals surface area contributed by atoms with Gasteiger partial charge in [0, 0.05) is 17.9 Å². The second kappa shape index (κ2) is 6.98. The fraction of sp³-hybridized carbons (Fsp3) is 0.500. The van der Waals surface area contributed by atoms with Crippen LogP contribution < -0.4 is 17.2 Å². The molecule has 0 aromatic heterocycles. The molecule has 1 heterocycles. The third kappa shape index (κ3) is 5.52. The van der Waals surface area contributed by atoms with E-state index in [4.69, 9.17) is 21.9 Å². The lowest BCUT2D eigenvalue weighted by Gasteiger charge is -2.18. The second-order valence-corrected chi connectivity index (χ2v) is 4.48. The molecule has 4 nitrogen and oxygen atoms in total. The summed E-state index contributed by atoms with van der Waals surface area (Å²) in [6.07, 6.45) is 2.90. The van der Waals surface area contributed by atoms with E-state index in [2.05, 4.69) is 12.6 Å². The summed E-state index contributed by atoms with van der Waals surface area (Å²) in [5, 5.41) is 0. The van der Waals surface area contributed by atoms with Crippen LogP contribution in [0.4, 0.5) is 0 Å². The van der Waals surface area contributed by atoms with E-state index in [0.29, 0.717) is 6.10 Å². The highest BCUT2D eigenvalue weighted by atomic mass is 32.1. The van der Waals surface area contributed by atoms with E-state index < -0.39 is 5.79 Å². The van der Waals surface area contributed by atoms with Crippen LogP contribution in [0.25, 0.3) is 0 Å². The zero-order valence-corrected chi connectivity index (χ0v) is 10.8. The maximum absolute atomic E-state index is 5.41. The Labute approximate surface area is 108 Å². The maximum atomic E-state index is 5.41. The average molecular weight is 255 g/mol. The molecule has 1 saturated heterocycles. The number of thiol groups is 1. The number of hydrogen-bond donors (Lipinski definition) is 4. The lowest BCUT2D eigenvalue weighted by molar-refractivity contribution is 0.129. The molecule has 1 aliphatic rings. The topological polar surface area (TPSA) is 87.3 Å². The van der Waals surface area contributed by atoms with Crippen LogP contribution in [0.1, 0.15) is 18.4 Å². The van der Waals surface area contributed by atoms with Gasteiger partial charge in [-0.05, 0) is 12.8 Å². The summed E-state index contributed by atoms with van der Waals surface area (Å²) in [5.41, 5.74) is 17.0. The highest BCUT2D eigenvalue weighted by Gasteiger charge is 2.13. The molecule has 1 aromatic carbocycles. The van der Waals surface area contributed by atoms with Gasteiger partial charge in [-0.15, -0.1) is 0 Å². The molecule has 0 radical (unpaired) electrons. The SMILES string of the molecule is NC(N)(N)c1ccccc1.SC[C@H]1CCCO1. The summed E-state index contributed by atoms with van der Waals surface area (Å²) in [5.74, 6) is -0.318. The minimum absolute atomic E-state index is 0.461. The molecule has 96 valence electrons. The lowest BCUT2D eigenvalue weighted by Crippen LogP contribution is -2.54. The summed E-state index contributed by atoms with van der Waals surface area (Å²) in [6.45, 7) is 0.950. The summed E-state index contributed by atoms with van der Waals surface area (Å²) in [6, 6.07) is 9.16. The van der Waals surface area contributed by atoms with Gasteiger partial charge in [0.1, 0.15) is 5.79 Å². The van der Waals surface area contributed by atoms with Crippen molar-refractivity contribution in [2.45, 2.75) is 24.7 Å². The molecule has 2 rings (SSSR count). The summed E-state index contributed by atoms with van der Waals surface area (Å²) in [4.78, 5) is 0. The fourth-order valence-electron chi connectivity index (χ4n) is 1.52. The van der Waals surface area contributed by atoms with Crippen LogP contribution in [0.3, 0.4) is 0 Å². The van der Waals surface area contributed by atoms with Crippen LogP contribution in [-0.2, 0) is 10.5 Å². The Kier molecular flexibility index (Phi) is 5.94. The van der Waals surface area contributed by atoms with Crippen molar-refractivity contribution in [1.82, 2.24) is 0 Å². The molecular weight excluding hydrogens is 234 g/mol. The second-order valence-electron chi connectivity index (χ2n) is 4.12. The maximum Gasteiger partial charge on any atom is 0.142 e. The van der Waals surface area contributed by atoms with Crippen LogP contribution in [-0.4, -0.2) is 18.5 Å². The van der Waals surface area contributed by atoms with Gasteiger partial charge in [-0.3, -0.25) is 17.2 Å². The molecule has 0 unspecified atom stereocenters. The van der Waals surface area contributed by atoms with Gasteiger partial charge in [0.25, 0.3) is 0 Å². The van der Waals surface area contributed by atoms with Crippen molar-refractivity contribution in [3.8, 4) is 0 Å². The first kappa shape index (κ1) is 14.5. The van der Waals surface area contributed by atoms with Gasteiger partial charge >= 0.3 is 0 Å². The standard InChI is InChI=1S/C7H11N3.C5H10OS/c8-7(9,10)6-4-2-1-3-5-6;7-4-5-2-1-3-6-5/h1-5H,8-10H2;5,7H,1-4H2/t;5-/m.1/s1. The highest BCUT2D eigenvalue weighted by Crippen LogP contribution is 2.11. The Morgan fingerprint density at radius 3 is 2.18 bits per heavy atom. The number of nitrogens with two attached hydrogens (primary N) is 3. The first-order chi connectivity index (χ1) is 8.04. The monoisotopic (exact) mass is 255 g/mol. The Balaban J connectivity index is 0.000000181. The number of benzene rings is 1. The van der Waals surface area contributed by atoms with Crippen molar-refractivity contribution in [3.05, 3.63) is 35.9 Å². The zero-order chi connectivity index (χ0) is 12.7. The molecule has 1 fully saturated rings. The summed E-state index contributed by atoms with van der Waals surface area (Å²) in [7, 11) is 0. The zero-order valence-electron chi connectivity index (χ0n) is 9.88. The minimum Gasteiger partial charge on any atom is -0.377 e. The van der Waals surface area contributed by atoms with Crippen LogP contribution in [0, 0.1) is 0 Å². The third-order valence-corrected chi connectivity index (χ3v) is 2.91. The number of rotatable bonds is 2. The Morgan fingerprint density at radius 2 is 1.88 bits per heavy atom. The molecule has 1 atom stereocenters. The van der Waals surface area contributed by atoms with Crippen molar-refractivity contribution in [3.63, 3.8) is 0 Å². The van der Waals surface area contributed by atoms with Crippen molar-refractivity contribution in [2.75, 3.05) is 12.4 Å². The van der Waals surface area contributed by atoms with E-state index in [9.17, 15) is 0 Å². The van der Waals surface area contributed by atoms with E-state index >= 15 is 0 Å². The van der Waals surface area contributed by atoms with Crippen molar-refractivity contribution >= 4 is 12.6 Å². The van der Waals surface area contributed by atoms with Gasteiger partial charge in [0.05, 0.1) is 6.10 Å². The molecule has 6 N–H and O–H groups in total. The Hall–Kier alpha value is -0.590.